The van der Waals surface area contributed by atoms with Crippen molar-refractivity contribution in [2.24, 2.45) is 0 Å². The van der Waals surface area contributed by atoms with Crippen LogP contribution in [-0.2, 0) is 4.79 Å². The topological polar surface area (TPSA) is 49.8 Å². The molecule has 6 heteroatoms. The van der Waals surface area contributed by atoms with Gasteiger partial charge in [-0.15, -0.1) is 0 Å². The van der Waals surface area contributed by atoms with Crippen molar-refractivity contribution in [1.82, 2.24) is 4.90 Å². The molecule has 1 aliphatic rings. The van der Waals surface area contributed by atoms with Crippen molar-refractivity contribution >= 4 is 40.3 Å². The first kappa shape index (κ1) is 16.8. The van der Waals surface area contributed by atoms with Gasteiger partial charge in [0.25, 0.3) is 5.91 Å². The number of phenols is 1. The van der Waals surface area contributed by atoms with E-state index < -0.39 is 0 Å². The Kier molecular flexibility index (Phi) is 5.85. The molecule has 0 saturated carbocycles. The minimum Gasteiger partial charge on any atom is -0.504 e. The highest BCUT2D eigenvalue weighted by Crippen LogP contribution is 2.34. The van der Waals surface area contributed by atoms with Crippen LogP contribution in [0.1, 0.15) is 31.7 Å². The summed E-state index contributed by atoms with van der Waals surface area (Å²) in [5, 5.41) is 9.61. The Morgan fingerprint density at radius 3 is 2.86 bits per heavy atom. The number of thioether (sulfide) groups is 1. The molecule has 0 aliphatic carbocycles. The number of nitrogens with zero attached hydrogens (tertiary/aromatic N) is 1. The third kappa shape index (κ3) is 3.81. The number of benzene rings is 1. The van der Waals surface area contributed by atoms with Gasteiger partial charge in [0, 0.05) is 6.54 Å². The Morgan fingerprint density at radius 2 is 2.18 bits per heavy atom. The number of rotatable bonds is 6. The number of phenolic OH excluding ortho intramolecular Hbond substituents is 1. The van der Waals surface area contributed by atoms with Gasteiger partial charge in [0.1, 0.15) is 4.32 Å². The lowest BCUT2D eigenvalue weighted by atomic mass is 10.2. The molecule has 1 saturated heterocycles. The number of hydrogen-bond acceptors (Lipinski definition) is 5. The van der Waals surface area contributed by atoms with Gasteiger partial charge in [0.05, 0.1) is 12.0 Å². The maximum Gasteiger partial charge on any atom is 0.266 e. The molecular formula is C16H19NO3S2. The molecular weight excluding hydrogens is 318 g/mol. The summed E-state index contributed by atoms with van der Waals surface area (Å²) in [4.78, 5) is 14.7. The normalized spacial score (nSPS) is 16.6. The minimum absolute atomic E-state index is 0.0434. The third-order valence-electron chi connectivity index (χ3n) is 3.36. The number of ether oxygens (including phenoxy) is 1. The average Bonchev–Trinajstić information content (AvgIpc) is 2.76. The number of carbonyl (C=O) groups is 1. The Balaban J connectivity index is 2.15. The first-order chi connectivity index (χ1) is 10.6. The molecule has 0 radical (unpaired) electrons. The van der Waals surface area contributed by atoms with Gasteiger partial charge >= 0.3 is 0 Å². The van der Waals surface area contributed by atoms with E-state index >= 15 is 0 Å². The highest BCUT2D eigenvalue weighted by atomic mass is 32.2. The number of amides is 1. The molecule has 0 unspecified atom stereocenters. The van der Waals surface area contributed by atoms with Gasteiger partial charge in [-0.05, 0) is 30.2 Å². The number of thiocarbonyl (C=S) groups is 1. The van der Waals surface area contributed by atoms with Crippen molar-refractivity contribution in [3.05, 3.63) is 28.7 Å². The summed E-state index contributed by atoms with van der Waals surface area (Å²) >= 11 is 6.61. The molecule has 2 rings (SSSR count). The van der Waals surface area contributed by atoms with Crippen LogP contribution in [0.3, 0.4) is 0 Å². The second-order valence-corrected chi connectivity index (χ2v) is 6.65. The fourth-order valence-corrected chi connectivity index (χ4v) is 3.46. The lowest BCUT2D eigenvalue weighted by Crippen LogP contribution is -2.28. The van der Waals surface area contributed by atoms with Gasteiger partial charge in [-0.1, -0.05) is 49.8 Å². The Bertz CT molecular complexity index is 613. The van der Waals surface area contributed by atoms with Crippen LogP contribution < -0.4 is 4.74 Å². The van der Waals surface area contributed by atoms with Crippen LogP contribution in [0.15, 0.2) is 23.1 Å². The summed E-state index contributed by atoms with van der Waals surface area (Å²) < 4.78 is 5.69. The van der Waals surface area contributed by atoms with Gasteiger partial charge in [0.2, 0.25) is 0 Å². The zero-order valence-corrected chi connectivity index (χ0v) is 14.3. The van der Waals surface area contributed by atoms with E-state index in [1.807, 2.05) is 0 Å². The molecule has 0 atom stereocenters. The summed E-state index contributed by atoms with van der Waals surface area (Å²) in [6.07, 6.45) is 4.94. The van der Waals surface area contributed by atoms with Crippen LogP contribution in [0, 0.1) is 0 Å². The van der Waals surface area contributed by atoms with Gasteiger partial charge in [0.15, 0.2) is 11.5 Å². The number of carbonyl (C=O) groups excluding carboxylic acids is 1. The van der Waals surface area contributed by atoms with Crippen LogP contribution in [-0.4, -0.2) is 33.9 Å². The fourth-order valence-electron chi connectivity index (χ4n) is 2.15. The van der Waals surface area contributed by atoms with E-state index in [1.165, 1.54) is 18.9 Å². The quantitative estimate of drug-likeness (QED) is 0.486. The summed E-state index contributed by atoms with van der Waals surface area (Å²) in [6.45, 7) is 2.80. The van der Waals surface area contributed by atoms with Gasteiger partial charge in [-0.3, -0.25) is 9.69 Å². The fraction of sp³-hybridized carbons (Fsp3) is 0.375. The van der Waals surface area contributed by atoms with Crippen molar-refractivity contribution in [2.45, 2.75) is 26.2 Å². The predicted molar refractivity (Wildman–Crippen MR) is 94.1 cm³/mol. The molecule has 1 fully saturated rings. The van der Waals surface area contributed by atoms with E-state index in [0.29, 0.717) is 21.5 Å². The molecule has 1 aromatic rings. The van der Waals surface area contributed by atoms with Crippen LogP contribution in [0.5, 0.6) is 11.5 Å². The van der Waals surface area contributed by atoms with Crippen molar-refractivity contribution in [2.75, 3.05) is 13.7 Å². The van der Waals surface area contributed by atoms with Crippen molar-refractivity contribution in [3.8, 4) is 11.5 Å². The van der Waals surface area contributed by atoms with Crippen LogP contribution in [0.4, 0.5) is 0 Å². The highest BCUT2D eigenvalue weighted by molar-refractivity contribution is 8.26. The van der Waals surface area contributed by atoms with Crippen LogP contribution in [0.2, 0.25) is 0 Å². The average molecular weight is 337 g/mol. The smallest absolute Gasteiger partial charge is 0.266 e. The second kappa shape index (κ2) is 7.65. The lowest BCUT2D eigenvalue weighted by Gasteiger charge is -2.13. The SMILES string of the molecule is CCCCCN1C(=O)/C(=C/c2ccc(O)c(OC)c2)SC1=S. The Hall–Kier alpha value is -1.53. The highest BCUT2D eigenvalue weighted by Gasteiger charge is 2.31. The molecule has 1 aliphatic heterocycles. The molecule has 4 nitrogen and oxygen atoms in total. The number of unbranched alkanes of at least 4 members (excludes halogenated alkanes) is 2. The van der Waals surface area contributed by atoms with E-state index in [1.54, 1.807) is 29.2 Å². The van der Waals surface area contributed by atoms with Crippen molar-refractivity contribution < 1.29 is 14.6 Å². The minimum atomic E-state index is -0.0434. The summed E-state index contributed by atoms with van der Waals surface area (Å²) in [6, 6.07) is 4.98. The first-order valence-electron chi connectivity index (χ1n) is 7.19. The molecule has 0 aromatic heterocycles. The molecule has 118 valence electrons. The number of hydrogen-bond donors (Lipinski definition) is 1. The zero-order valence-electron chi connectivity index (χ0n) is 12.7. The molecule has 1 N–H and O–H groups in total. The Morgan fingerprint density at radius 1 is 1.41 bits per heavy atom. The third-order valence-corrected chi connectivity index (χ3v) is 4.74. The summed E-state index contributed by atoms with van der Waals surface area (Å²) in [5.41, 5.74) is 0.795. The van der Waals surface area contributed by atoms with E-state index in [4.69, 9.17) is 17.0 Å². The maximum atomic E-state index is 12.4. The molecule has 0 bridgehead atoms. The largest absolute Gasteiger partial charge is 0.504 e. The van der Waals surface area contributed by atoms with Crippen molar-refractivity contribution in [1.29, 1.82) is 0 Å². The Labute approximate surface area is 140 Å². The van der Waals surface area contributed by atoms with Gasteiger partial charge in [-0.25, -0.2) is 0 Å². The second-order valence-electron chi connectivity index (χ2n) is 4.97. The maximum absolute atomic E-state index is 12.4. The molecule has 22 heavy (non-hydrogen) atoms. The molecule has 1 heterocycles. The van der Waals surface area contributed by atoms with E-state index in [-0.39, 0.29) is 11.7 Å². The van der Waals surface area contributed by atoms with E-state index in [2.05, 4.69) is 6.92 Å². The van der Waals surface area contributed by atoms with Crippen LogP contribution in [0.25, 0.3) is 6.08 Å². The molecule has 1 amide bonds. The van der Waals surface area contributed by atoms with Gasteiger partial charge < -0.3 is 9.84 Å². The van der Waals surface area contributed by atoms with Gasteiger partial charge in [-0.2, -0.15) is 0 Å². The standard InChI is InChI=1S/C16H19NO3S2/c1-3-4-5-8-17-15(19)14(22-16(17)21)10-11-6-7-12(18)13(9-11)20-2/h6-7,9-10,18H,3-5,8H2,1-2H3/b14-10-. The molecule has 1 aromatic carbocycles. The number of aromatic hydroxyl groups is 1. The number of methoxy groups -OCH3 is 1. The van der Waals surface area contributed by atoms with E-state index in [9.17, 15) is 9.90 Å². The summed E-state index contributed by atoms with van der Waals surface area (Å²) in [5.74, 6) is 0.414. The monoisotopic (exact) mass is 337 g/mol. The summed E-state index contributed by atoms with van der Waals surface area (Å²) in [7, 11) is 1.49. The first-order valence-corrected chi connectivity index (χ1v) is 8.41. The predicted octanol–water partition coefficient (Wildman–Crippen LogP) is 3.79. The zero-order chi connectivity index (χ0) is 16.1. The molecule has 0 spiro atoms. The van der Waals surface area contributed by atoms with E-state index in [0.717, 1.165) is 24.8 Å². The van der Waals surface area contributed by atoms with Crippen LogP contribution >= 0.6 is 24.0 Å². The van der Waals surface area contributed by atoms with Crippen molar-refractivity contribution in [3.63, 3.8) is 0 Å². The lowest BCUT2D eigenvalue weighted by molar-refractivity contribution is -0.122.